The fourth-order valence-electron chi connectivity index (χ4n) is 1.44. The van der Waals surface area contributed by atoms with Crippen molar-refractivity contribution in [3.8, 4) is 0 Å². The number of carbonyl (C=O) groups excluding carboxylic acids is 1. The quantitative estimate of drug-likeness (QED) is 0.874. The van der Waals surface area contributed by atoms with E-state index in [9.17, 15) is 9.18 Å². The molecule has 0 saturated carbocycles. The van der Waals surface area contributed by atoms with Crippen LogP contribution >= 0.6 is 11.8 Å². The number of benzene rings is 1. The van der Waals surface area contributed by atoms with Crippen molar-refractivity contribution in [3.63, 3.8) is 0 Å². The molecular weight excluding hydrogens is 267 g/mol. The highest BCUT2D eigenvalue weighted by atomic mass is 32.2. The first-order valence-electron chi connectivity index (χ1n) is 5.38. The molecule has 2 rings (SSSR count). The number of pyridine rings is 1. The zero-order valence-electron chi connectivity index (χ0n) is 10.1. The molecule has 0 unspecified atom stereocenters. The van der Waals surface area contributed by atoms with Gasteiger partial charge in [0.15, 0.2) is 0 Å². The lowest BCUT2D eigenvalue weighted by atomic mass is 10.2. The molecule has 2 aromatic rings. The summed E-state index contributed by atoms with van der Waals surface area (Å²) in [5, 5.41) is 0.481. The lowest BCUT2D eigenvalue weighted by molar-refractivity contribution is 0.0601. The van der Waals surface area contributed by atoms with E-state index in [4.69, 9.17) is 5.73 Å². The van der Waals surface area contributed by atoms with Gasteiger partial charge in [-0.05, 0) is 30.3 Å². The summed E-state index contributed by atoms with van der Waals surface area (Å²) in [6.45, 7) is 0. The van der Waals surface area contributed by atoms with Gasteiger partial charge >= 0.3 is 5.97 Å². The summed E-state index contributed by atoms with van der Waals surface area (Å²) < 4.78 is 17.4. The van der Waals surface area contributed by atoms with E-state index < -0.39 is 5.97 Å². The molecular formula is C13H11FN2O2S. The summed E-state index contributed by atoms with van der Waals surface area (Å²) in [6.07, 6.45) is 1.48. The summed E-state index contributed by atoms with van der Waals surface area (Å²) in [7, 11) is 1.29. The topological polar surface area (TPSA) is 65.2 Å². The van der Waals surface area contributed by atoms with Crippen LogP contribution in [0.15, 0.2) is 46.5 Å². The van der Waals surface area contributed by atoms with Gasteiger partial charge in [0.1, 0.15) is 10.8 Å². The fraction of sp³-hybridized carbons (Fsp3) is 0.0769. The highest BCUT2D eigenvalue weighted by molar-refractivity contribution is 7.99. The van der Waals surface area contributed by atoms with E-state index in [0.717, 1.165) is 4.90 Å². The number of rotatable bonds is 3. The van der Waals surface area contributed by atoms with Crippen molar-refractivity contribution >= 4 is 23.4 Å². The van der Waals surface area contributed by atoms with E-state index in [0.29, 0.717) is 5.03 Å². The first-order chi connectivity index (χ1) is 9.11. The maximum Gasteiger partial charge on any atom is 0.340 e. The Morgan fingerprint density at radius 1 is 1.32 bits per heavy atom. The third-order valence-electron chi connectivity index (χ3n) is 2.39. The number of aromatic nitrogens is 1. The minimum Gasteiger partial charge on any atom is -0.465 e. The highest BCUT2D eigenvalue weighted by Gasteiger charge is 2.14. The lowest BCUT2D eigenvalue weighted by Crippen LogP contribution is -2.07. The number of nitrogen functional groups attached to an aromatic ring is 1. The number of nitrogens with two attached hydrogens (primary N) is 1. The normalized spacial score (nSPS) is 10.2. The Bertz CT molecular complexity index is 602. The Morgan fingerprint density at radius 3 is 2.63 bits per heavy atom. The Hall–Kier alpha value is -2.08. The van der Waals surface area contributed by atoms with Gasteiger partial charge in [0, 0.05) is 11.1 Å². The molecule has 6 heteroatoms. The van der Waals surface area contributed by atoms with Gasteiger partial charge in [-0.1, -0.05) is 11.8 Å². The monoisotopic (exact) mass is 278 g/mol. The predicted molar refractivity (Wildman–Crippen MR) is 70.5 cm³/mol. The van der Waals surface area contributed by atoms with Crippen LogP contribution in [0.1, 0.15) is 10.4 Å². The van der Waals surface area contributed by atoms with Crippen LogP contribution in [0, 0.1) is 5.82 Å². The molecule has 0 bridgehead atoms. The number of anilines is 1. The second kappa shape index (κ2) is 5.71. The van der Waals surface area contributed by atoms with Crippen LogP contribution in [0.2, 0.25) is 0 Å². The molecule has 98 valence electrons. The Labute approximate surface area is 113 Å². The zero-order valence-corrected chi connectivity index (χ0v) is 10.9. The molecule has 0 aliphatic rings. The van der Waals surface area contributed by atoms with Crippen LogP contribution in [-0.2, 0) is 4.74 Å². The standard InChI is InChI=1S/C13H11FN2O2S/c1-18-13(17)10-6-7-16-12(11(10)15)19-9-4-2-8(14)3-5-9/h2-7H,15H2,1H3. The maximum atomic E-state index is 12.8. The van der Waals surface area contributed by atoms with Crippen molar-refractivity contribution in [1.29, 1.82) is 0 Å². The van der Waals surface area contributed by atoms with E-state index in [1.165, 1.54) is 43.3 Å². The molecule has 0 amide bonds. The van der Waals surface area contributed by atoms with Crippen LogP contribution in [0.3, 0.4) is 0 Å². The molecule has 1 heterocycles. The smallest absolute Gasteiger partial charge is 0.340 e. The number of esters is 1. The molecule has 0 spiro atoms. The molecule has 0 aliphatic heterocycles. The number of halogens is 1. The van der Waals surface area contributed by atoms with Crippen molar-refractivity contribution in [2.24, 2.45) is 0 Å². The molecule has 1 aromatic carbocycles. The van der Waals surface area contributed by atoms with E-state index in [2.05, 4.69) is 9.72 Å². The van der Waals surface area contributed by atoms with Gasteiger partial charge in [-0.2, -0.15) is 0 Å². The second-order valence-corrected chi connectivity index (χ2v) is 4.69. The molecule has 0 saturated heterocycles. The number of carbonyl (C=O) groups is 1. The third-order valence-corrected chi connectivity index (χ3v) is 3.41. The van der Waals surface area contributed by atoms with E-state index in [1.807, 2.05) is 0 Å². The Morgan fingerprint density at radius 2 is 2.00 bits per heavy atom. The maximum absolute atomic E-state index is 12.8. The van der Waals surface area contributed by atoms with Gasteiger partial charge < -0.3 is 10.5 Å². The summed E-state index contributed by atoms with van der Waals surface area (Å²) in [5.74, 6) is -0.825. The second-order valence-electron chi connectivity index (χ2n) is 3.62. The zero-order chi connectivity index (χ0) is 13.8. The van der Waals surface area contributed by atoms with Crippen molar-refractivity contribution in [2.45, 2.75) is 9.92 Å². The summed E-state index contributed by atoms with van der Waals surface area (Å²) >= 11 is 1.25. The van der Waals surface area contributed by atoms with Gasteiger partial charge in [0.25, 0.3) is 0 Å². The van der Waals surface area contributed by atoms with Gasteiger partial charge in [-0.3, -0.25) is 0 Å². The molecule has 0 atom stereocenters. The number of hydrogen-bond acceptors (Lipinski definition) is 5. The molecule has 0 aliphatic carbocycles. The molecule has 19 heavy (non-hydrogen) atoms. The van der Waals surface area contributed by atoms with Crippen LogP contribution < -0.4 is 5.73 Å². The van der Waals surface area contributed by atoms with Gasteiger partial charge in [0.05, 0.1) is 18.4 Å². The Kier molecular flexibility index (Phi) is 4.01. The molecule has 2 N–H and O–H groups in total. The summed E-state index contributed by atoms with van der Waals surface area (Å²) in [5.41, 5.74) is 6.40. The summed E-state index contributed by atoms with van der Waals surface area (Å²) in [6, 6.07) is 7.43. The lowest BCUT2D eigenvalue weighted by Gasteiger charge is -2.08. The number of methoxy groups -OCH3 is 1. The molecule has 1 aromatic heterocycles. The van der Waals surface area contributed by atoms with E-state index >= 15 is 0 Å². The first-order valence-corrected chi connectivity index (χ1v) is 6.19. The highest BCUT2D eigenvalue weighted by Crippen LogP contribution is 2.32. The largest absolute Gasteiger partial charge is 0.465 e. The SMILES string of the molecule is COC(=O)c1ccnc(Sc2ccc(F)cc2)c1N. The van der Waals surface area contributed by atoms with Gasteiger partial charge in [-0.15, -0.1) is 0 Å². The fourth-order valence-corrected chi connectivity index (χ4v) is 2.27. The van der Waals surface area contributed by atoms with Gasteiger partial charge in [0.2, 0.25) is 0 Å². The van der Waals surface area contributed by atoms with E-state index in [1.54, 1.807) is 12.1 Å². The third kappa shape index (κ3) is 3.03. The Balaban J connectivity index is 2.30. The van der Waals surface area contributed by atoms with Crippen LogP contribution in [-0.4, -0.2) is 18.1 Å². The predicted octanol–water partition coefficient (Wildman–Crippen LogP) is 2.74. The minimum atomic E-state index is -0.513. The molecule has 4 nitrogen and oxygen atoms in total. The molecule has 0 radical (unpaired) electrons. The molecule has 0 fully saturated rings. The number of hydrogen-bond donors (Lipinski definition) is 1. The minimum absolute atomic E-state index is 0.253. The van der Waals surface area contributed by atoms with Crippen molar-refractivity contribution in [2.75, 3.05) is 12.8 Å². The van der Waals surface area contributed by atoms with Crippen molar-refractivity contribution in [3.05, 3.63) is 47.9 Å². The van der Waals surface area contributed by atoms with E-state index in [-0.39, 0.29) is 17.1 Å². The average molecular weight is 278 g/mol. The van der Waals surface area contributed by atoms with Crippen molar-refractivity contribution in [1.82, 2.24) is 4.98 Å². The van der Waals surface area contributed by atoms with Crippen LogP contribution in [0.5, 0.6) is 0 Å². The first kappa shape index (κ1) is 13.4. The van der Waals surface area contributed by atoms with Gasteiger partial charge in [-0.25, -0.2) is 14.2 Å². The van der Waals surface area contributed by atoms with Crippen LogP contribution in [0.25, 0.3) is 0 Å². The number of ether oxygens (including phenoxy) is 1. The number of nitrogens with zero attached hydrogens (tertiary/aromatic N) is 1. The average Bonchev–Trinajstić information content (AvgIpc) is 2.43. The van der Waals surface area contributed by atoms with Crippen molar-refractivity contribution < 1.29 is 13.9 Å². The van der Waals surface area contributed by atoms with Crippen LogP contribution in [0.4, 0.5) is 10.1 Å². The summed E-state index contributed by atoms with van der Waals surface area (Å²) in [4.78, 5) is 16.4.